The van der Waals surface area contributed by atoms with Crippen LogP contribution in [0, 0.1) is 5.41 Å². The van der Waals surface area contributed by atoms with Crippen molar-refractivity contribution in [2.24, 2.45) is 5.41 Å². The highest BCUT2D eigenvalue weighted by Crippen LogP contribution is 2.46. The maximum absolute atomic E-state index is 11.4. The lowest BCUT2D eigenvalue weighted by Gasteiger charge is -2.25. The average molecular weight is 315 g/mol. The molecular weight excluding hydrogens is 299 g/mol. The molecule has 4 nitrogen and oxygen atoms in total. The highest BCUT2D eigenvalue weighted by Gasteiger charge is 2.41. The number of aromatic carboxylic acids is 1. The number of pyridine rings is 1. The summed E-state index contributed by atoms with van der Waals surface area (Å²) < 4.78 is 0. The first-order valence-corrected chi connectivity index (χ1v) is 7.61. The van der Waals surface area contributed by atoms with Gasteiger partial charge in [0.1, 0.15) is 16.5 Å². The van der Waals surface area contributed by atoms with Gasteiger partial charge in [-0.05, 0) is 30.7 Å². The second-order valence-electron chi connectivity index (χ2n) is 5.81. The summed E-state index contributed by atoms with van der Waals surface area (Å²) in [5.41, 5.74) is 0.401. The van der Waals surface area contributed by atoms with Gasteiger partial charge in [-0.1, -0.05) is 36.0 Å². The fourth-order valence-corrected chi connectivity index (χ4v) is 4.06. The number of anilines is 1. The molecule has 3 rings (SSSR count). The van der Waals surface area contributed by atoms with Crippen LogP contribution in [0.15, 0.2) is 6.07 Å². The van der Waals surface area contributed by atoms with Crippen LogP contribution in [-0.2, 0) is 0 Å². The largest absolute Gasteiger partial charge is 0.478 e. The first-order chi connectivity index (χ1) is 9.51. The van der Waals surface area contributed by atoms with E-state index in [-0.39, 0.29) is 15.7 Å². The zero-order chi connectivity index (χ0) is 14.3. The molecule has 0 radical (unpaired) electrons. The summed E-state index contributed by atoms with van der Waals surface area (Å²) in [4.78, 5) is 17.7. The average Bonchev–Trinajstić information content (AvgIpc) is 2.99. The highest BCUT2D eigenvalue weighted by atomic mass is 35.5. The van der Waals surface area contributed by atoms with Gasteiger partial charge in [0.25, 0.3) is 0 Å². The Morgan fingerprint density at radius 2 is 2.00 bits per heavy atom. The molecule has 0 amide bonds. The first kappa shape index (κ1) is 14.0. The molecule has 1 aliphatic heterocycles. The van der Waals surface area contributed by atoms with Crippen molar-refractivity contribution in [3.05, 3.63) is 21.8 Å². The van der Waals surface area contributed by atoms with Gasteiger partial charge in [0.15, 0.2) is 0 Å². The molecule has 0 aromatic carbocycles. The number of rotatable bonds is 2. The minimum Gasteiger partial charge on any atom is -0.478 e. The summed E-state index contributed by atoms with van der Waals surface area (Å²) in [7, 11) is 0. The Morgan fingerprint density at radius 1 is 1.30 bits per heavy atom. The lowest BCUT2D eigenvalue weighted by molar-refractivity contribution is 0.0697. The summed E-state index contributed by atoms with van der Waals surface area (Å²) in [6.07, 6.45) is 6.07. The van der Waals surface area contributed by atoms with E-state index < -0.39 is 5.97 Å². The van der Waals surface area contributed by atoms with Crippen LogP contribution in [0.25, 0.3) is 0 Å². The van der Waals surface area contributed by atoms with Gasteiger partial charge in [-0.3, -0.25) is 0 Å². The zero-order valence-electron chi connectivity index (χ0n) is 11.0. The van der Waals surface area contributed by atoms with E-state index in [0.717, 1.165) is 19.5 Å². The van der Waals surface area contributed by atoms with Gasteiger partial charge in [-0.15, -0.1) is 0 Å². The van der Waals surface area contributed by atoms with Crippen LogP contribution in [-0.4, -0.2) is 29.1 Å². The van der Waals surface area contributed by atoms with Gasteiger partial charge in [0.05, 0.1) is 5.02 Å². The minimum atomic E-state index is -1.05. The summed E-state index contributed by atoms with van der Waals surface area (Å²) in [6.45, 7) is 1.68. The van der Waals surface area contributed by atoms with Crippen LogP contribution >= 0.6 is 23.2 Å². The van der Waals surface area contributed by atoms with E-state index in [4.69, 9.17) is 23.2 Å². The number of carboxylic acid groups (broad SMARTS) is 1. The van der Waals surface area contributed by atoms with E-state index in [1.165, 1.54) is 31.7 Å². The van der Waals surface area contributed by atoms with E-state index in [0.29, 0.717) is 11.2 Å². The summed E-state index contributed by atoms with van der Waals surface area (Å²) >= 11 is 12.0. The molecule has 0 atom stereocenters. The summed E-state index contributed by atoms with van der Waals surface area (Å²) in [5.74, 6) is -0.639. The van der Waals surface area contributed by atoms with Crippen molar-refractivity contribution in [1.29, 1.82) is 0 Å². The van der Waals surface area contributed by atoms with Crippen LogP contribution in [0.1, 0.15) is 42.5 Å². The molecular formula is C14H16Cl2N2O2. The van der Waals surface area contributed by atoms with Crippen LogP contribution in [0.3, 0.4) is 0 Å². The van der Waals surface area contributed by atoms with Gasteiger partial charge in [-0.2, -0.15) is 0 Å². The standard InChI is InChI=1S/C14H16Cl2N2O2/c15-9-7-10(16)17-12(11(9)13(19)20)18-6-5-14(8-18)3-1-2-4-14/h7H,1-6,8H2,(H,19,20). The van der Waals surface area contributed by atoms with Gasteiger partial charge >= 0.3 is 5.97 Å². The van der Waals surface area contributed by atoms with Crippen molar-refractivity contribution in [3.63, 3.8) is 0 Å². The minimum absolute atomic E-state index is 0.0612. The second kappa shape index (κ2) is 5.08. The van der Waals surface area contributed by atoms with Gasteiger partial charge in [0, 0.05) is 13.1 Å². The molecule has 1 aliphatic carbocycles. The predicted molar refractivity (Wildman–Crippen MR) is 78.9 cm³/mol. The molecule has 0 unspecified atom stereocenters. The zero-order valence-corrected chi connectivity index (χ0v) is 12.5. The van der Waals surface area contributed by atoms with Gasteiger partial charge < -0.3 is 10.0 Å². The van der Waals surface area contributed by atoms with E-state index >= 15 is 0 Å². The van der Waals surface area contributed by atoms with E-state index in [9.17, 15) is 9.90 Å². The molecule has 2 aliphatic rings. The summed E-state index contributed by atoms with van der Waals surface area (Å²) in [6, 6.07) is 1.39. The van der Waals surface area contributed by atoms with Crippen LogP contribution in [0.4, 0.5) is 5.82 Å². The molecule has 1 N–H and O–H groups in total. The fraction of sp³-hybridized carbons (Fsp3) is 0.571. The molecule has 1 saturated carbocycles. The predicted octanol–water partition coefficient (Wildman–Crippen LogP) is 3.86. The third kappa shape index (κ3) is 2.35. The Bertz CT molecular complexity index is 556. The Balaban J connectivity index is 1.96. The molecule has 0 bridgehead atoms. The van der Waals surface area contributed by atoms with Gasteiger partial charge in [-0.25, -0.2) is 9.78 Å². The first-order valence-electron chi connectivity index (χ1n) is 6.85. The van der Waals surface area contributed by atoms with Crippen molar-refractivity contribution in [2.75, 3.05) is 18.0 Å². The molecule has 108 valence electrons. The molecule has 20 heavy (non-hydrogen) atoms. The van der Waals surface area contributed by atoms with Crippen molar-refractivity contribution in [2.45, 2.75) is 32.1 Å². The number of nitrogens with zero attached hydrogens (tertiary/aromatic N) is 2. The smallest absolute Gasteiger partial charge is 0.341 e. The lowest BCUT2D eigenvalue weighted by Crippen LogP contribution is -2.27. The number of hydrogen-bond acceptors (Lipinski definition) is 3. The number of hydrogen-bond donors (Lipinski definition) is 1. The molecule has 1 aromatic heterocycles. The van der Waals surface area contributed by atoms with Crippen LogP contribution in [0.5, 0.6) is 0 Å². The SMILES string of the molecule is O=C(O)c1c(Cl)cc(Cl)nc1N1CCC2(CCCC2)C1. The quantitative estimate of drug-likeness (QED) is 0.842. The van der Waals surface area contributed by atoms with E-state index in [2.05, 4.69) is 4.98 Å². The number of aromatic nitrogens is 1. The summed E-state index contributed by atoms with van der Waals surface area (Å²) in [5, 5.41) is 9.75. The third-order valence-electron chi connectivity index (χ3n) is 4.54. The fourth-order valence-electron chi connectivity index (χ4n) is 3.55. The monoisotopic (exact) mass is 314 g/mol. The molecule has 1 saturated heterocycles. The van der Waals surface area contributed by atoms with E-state index in [1.807, 2.05) is 4.90 Å². The Labute approximate surface area is 127 Å². The van der Waals surface area contributed by atoms with E-state index in [1.54, 1.807) is 0 Å². The van der Waals surface area contributed by atoms with Crippen LogP contribution in [0.2, 0.25) is 10.2 Å². The second-order valence-corrected chi connectivity index (χ2v) is 6.60. The Hall–Kier alpha value is -1.00. The lowest BCUT2D eigenvalue weighted by atomic mass is 9.86. The normalized spacial score (nSPS) is 20.8. The molecule has 2 fully saturated rings. The van der Waals surface area contributed by atoms with Crippen molar-refractivity contribution in [1.82, 2.24) is 4.98 Å². The molecule has 1 aromatic rings. The maximum atomic E-state index is 11.4. The maximum Gasteiger partial charge on any atom is 0.341 e. The van der Waals surface area contributed by atoms with Crippen molar-refractivity contribution in [3.8, 4) is 0 Å². The third-order valence-corrected chi connectivity index (χ3v) is 5.03. The number of carboxylic acids is 1. The topological polar surface area (TPSA) is 53.4 Å². The van der Waals surface area contributed by atoms with Crippen LogP contribution < -0.4 is 4.90 Å². The van der Waals surface area contributed by atoms with Crippen molar-refractivity contribution < 1.29 is 9.90 Å². The highest BCUT2D eigenvalue weighted by molar-refractivity contribution is 6.36. The van der Waals surface area contributed by atoms with Gasteiger partial charge in [0.2, 0.25) is 0 Å². The van der Waals surface area contributed by atoms with Crippen molar-refractivity contribution >= 4 is 35.0 Å². The molecule has 1 spiro atoms. The molecule has 2 heterocycles. The number of halogens is 2. The Kier molecular flexibility index (Phi) is 3.55. The Morgan fingerprint density at radius 3 is 2.65 bits per heavy atom. The molecule has 6 heteroatoms. The number of carbonyl (C=O) groups is 1.